The number of aliphatic hydroxyl groups excluding tert-OH is 1. The van der Waals surface area contributed by atoms with Gasteiger partial charge in [-0.3, -0.25) is 19.2 Å². The van der Waals surface area contributed by atoms with Gasteiger partial charge in [-0.2, -0.15) is 0 Å². The Morgan fingerprint density at radius 2 is 1.88 bits per heavy atom. The van der Waals surface area contributed by atoms with Crippen LogP contribution in [0.15, 0.2) is 73.8 Å². The first kappa shape index (κ1) is 38.4. The molecule has 3 aliphatic rings. The normalized spacial score (nSPS) is 26.1. The summed E-state index contributed by atoms with van der Waals surface area (Å²) in [5, 5.41) is 13.6. The minimum Gasteiger partial charge on any atom is -0.455 e. The van der Waals surface area contributed by atoms with Gasteiger partial charge in [-0.05, 0) is 61.8 Å². The quantitative estimate of drug-likeness (QED) is 0.134. The van der Waals surface area contributed by atoms with Crippen LogP contribution in [0.2, 0.25) is 0 Å². The molecule has 11 heteroatoms. The predicted octanol–water partition coefficient (Wildman–Crippen LogP) is 5.34. The third-order valence-electron chi connectivity index (χ3n) is 10.3. The van der Waals surface area contributed by atoms with Crippen LogP contribution in [0.4, 0.5) is 5.69 Å². The molecule has 5 rings (SSSR count). The monoisotopic (exact) mass is 763 g/mol. The largest absolute Gasteiger partial charge is 0.455 e. The molecule has 51 heavy (non-hydrogen) atoms. The maximum atomic E-state index is 15.1. The Kier molecular flexibility index (Phi) is 12.2. The Balaban J connectivity index is 1.55. The first-order valence-corrected chi connectivity index (χ1v) is 18.7. The number of likely N-dealkylation sites (tertiary alicyclic amines) is 1. The van der Waals surface area contributed by atoms with E-state index in [9.17, 15) is 19.5 Å². The van der Waals surface area contributed by atoms with Crippen LogP contribution in [0, 0.1) is 31.6 Å². The number of nitrogens with zero attached hydrogens (tertiary/aromatic N) is 2. The molecule has 0 radical (unpaired) electrons. The van der Waals surface area contributed by atoms with Crippen molar-refractivity contribution >= 4 is 45.3 Å². The van der Waals surface area contributed by atoms with E-state index in [4.69, 9.17) is 9.47 Å². The molecule has 8 atom stereocenters. The van der Waals surface area contributed by atoms with E-state index in [1.54, 1.807) is 17.1 Å². The molecule has 3 amide bonds. The molecule has 3 aliphatic heterocycles. The molecule has 3 fully saturated rings. The number of benzene rings is 2. The highest BCUT2D eigenvalue weighted by molar-refractivity contribution is 9.09. The number of aliphatic hydroxyl groups is 1. The van der Waals surface area contributed by atoms with Gasteiger partial charge in [-0.1, -0.05) is 84.4 Å². The fourth-order valence-electron chi connectivity index (χ4n) is 8.07. The number of alkyl halides is 1. The number of esters is 1. The summed E-state index contributed by atoms with van der Waals surface area (Å²) >= 11 is 3.75. The molecule has 2 bridgehead atoms. The van der Waals surface area contributed by atoms with Crippen LogP contribution >= 0.6 is 15.9 Å². The summed E-state index contributed by atoms with van der Waals surface area (Å²) in [6.45, 7) is 15.3. The molecule has 274 valence electrons. The highest BCUT2D eigenvalue weighted by atomic mass is 79.9. The summed E-state index contributed by atoms with van der Waals surface area (Å²) in [5.74, 6) is -3.58. The molecule has 10 nitrogen and oxygen atoms in total. The number of anilines is 1. The van der Waals surface area contributed by atoms with Crippen molar-refractivity contribution in [3.8, 4) is 0 Å². The highest BCUT2D eigenvalue weighted by Crippen LogP contribution is 2.61. The van der Waals surface area contributed by atoms with Gasteiger partial charge in [0.2, 0.25) is 11.8 Å². The van der Waals surface area contributed by atoms with E-state index in [0.29, 0.717) is 30.5 Å². The van der Waals surface area contributed by atoms with Gasteiger partial charge >= 0.3 is 5.97 Å². The topological polar surface area (TPSA) is 125 Å². The maximum Gasteiger partial charge on any atom is 0.313 e. The fraction of sp³-hybridized carbons (Fsp3) is 0.500. The van der Waals surface area contributed by atoms with Gasteiger partial charge in [0.25, 0.3) is 5.91 Å². The molecular formula is C40H50BrN3O7. The number of rotatable bonds is 16. The van der Waals surface area contributed by atoms with Crippen LogP contribution < -0.4 is 10.2 Å². The zero-order chi connectivity index (χ0) is 37.0. The van der Waals surface area contributed by atoms with Gasteiger partial charge in [0.1, 0.15) is 17.7 Å². The average Bonchev–Trinajstić information content (AvgIpc) is 3.71. The second-order valence-corrected chi connectivity index (χ2v) is 15.5. The summed E-state index contributed by atoms with van der Waals surface area (Å²) < 4.78 is 13.0. The number of nitrogens with one attached hydrogen (secondary N) is 1. The lowest BCUT2D eigenvalue weighted by molar-refractivity contribution is -0.161. The molecule has 2 aromatic carbocycles. The molecule has 2 N–H and O–H groups in total. The van der Waals surface area contributed by atoms with Crippen molar-refractivity contribution in [2.45, 2.75) is 88.1 Å². The van der Waals surface area contributed by atoms with E-state index in [0.717, 1.165) is 11.1 Å². The number of amides is 3. The van der Waals surface area contributed by atoms with Crippen LogP contribution in [0.25, 0.3) is 0 Å². The summed E-state index contributed by atoms with van der Waals surface area (Å²) in [4.78, 5) is 59.7. The Morgan fingerprint density at radius 3 is 2.53 bits per heavy atom. The first-order valence-electron chi connectivity index (χ1n) is 17.8. The molecule has 2 aromatic rings. The Bertz CT molecular complexity index is 1630. The van der Waals surface area contributed by atoms with Crippen molar-refractivity contribution in [1.82, 2.24) is 10.2 Å². The minimum absolute atomic E-state index is 0.0338. The maximum absolute atomic E-state index is 15.1. The van der Waals surface area contributed by atoms with Crippen molar-refractivity contribution in [2.24, 2.45) is 17.8 Å². The molecule has 0 saturated carbocycles. The number of aryl methyl sites for hydroxylation is 2. The lowest BCUT2D eigenvalue weighted by Gasteiger charge is -2.40. The molecular weight excluding hydrogens is 714 g/mol. The second-order valence-electron chi connectivity index (χ2n) is 14.4. The van der Waals surface area contributed by atoms with Crippen molar-refractivity contribution in [2.75, 3.05) is 24.6 Å². The van der Waals surface area contributed by atoms with E-state index in [1.807, 2.05) is 76.2 Å². The van der Waals surface area contributed by atoms with Crippen molar-refractivity contribution in [3.63, 3.8) is 0 Å². The lowest BCUT2D eigenvalue weighted by Crippen LogP contribution is -2.59. The van der Waals surface area contributed by atoms with E-state index >= 15 is 4.79 Å². The molecule has 0 aromatic heterocycles. The number of fused-ring (bicyclic) bond motifs is 1. The van der Waals surface area contributed by atoms with Gasteiger partial charge in [-0.25, -0.2) is 0 Å². The van der Waals surface area contributed by atoms with Gasteiger partial charge in [0, 0.05) is 23.5 Å². The number of hydrogen-bond donors (Lipinski definition) is 2. The summed E-state index contributed by atoms with van der Waals surface area (Å²) in [6, 6.07) is 13.2. The number of carbonyl (C=O) groups is 4. The van der Waals surface area contributed by atoms with Crippen LogP contribution in [0.3, 0.4) is 0 Å². The zero-order valence-corrected chi connectivity index (χ0v) is 31.5. The SMILES string of the molecule is C=CCCC(=O)NC[C@H](OC(=O)[C@H]1[C@@H]2O[C@@]3(CC2Br)[C@@H]1C(=O)N([C@@H](CO)CC(C)C)[C@@H]3C(=O)N(CC=C)c1cc(C)ccc1C)c1ccccc1. The Hall–Kier alpha value is -3.80. The fourth-order valence-corrected chi connectivity index (χ4v) is 9.01. The Labute approximate surface area is 309 Å². The summed E-state index contributed by atoms with van der Waals surface area (Å²) in [7, 11) is 0. The summed E-state index contributed by atoms with van der Waals surface area (Å²) in [5.41, 5.74) is 1.85. The molecule has 1 unspecified atom stereocenters. The zero-order valence-electron chi connectivity index (χ0n) is 29.9. The smallest absolute Gasteiger partial charge is 0.313 e. The predicted molar refractivity (Wildman–Crippen MR) is 199 cm³/mol. The van der Waals surface area contributed by atoms with Gasteiger partial charge < -0.3 is 29.7 Å². The number of allylic oxidation sites excluding steroid dienone is 1. The molecule has 0 aliphatic carbocycles. The Morgan fingerprint density at radius 1 is 1.16 bits per heavy atom. The van der Waals surface area contributed by atoms with Crippen molar-refractivity contribution in [3.05, 3.63) is 90.5 Å². The standard InChI is InChI=1S/C40H50BrN3O7/c1-7-9-15-32(46)42-22-31(27-13-11-10-12-14-27)50-39(49)33-34-37(47)44(28(23-45)19-24(3)4)36(40(34)21-29(41)35(33)51-40)38(48)43(18-8-2)30-20-25(5)16-17-26(30)6/h7-8,10-14,16-17,20,24,28-29,31,33-36,45H,1-2,9,15,18-19,21-23H2,3-6H3,(H,42,46)/t28-,29?,31+,33-,34+,35-,36-,40+/m1/s1. The van der Waals surface area contributed by atoms with Gasteiger partial charge in [0.05, 0.1) is 37.1 Å². The lowest BCUT2D eigenvalue weighted by atomic mass is 9.70. The van der Waals surface area contributed by atoms with Gasteiger partial charge in [0.15, 0.2) is 0 Å². The number of carbonyl (C=O) groups excluding carboxylic acids is 4. The van der Waals surface area contributed by atoms with Crippen molar-refractivity contribution in [1.29, 1.82) is 0 Å². The van der Waals surface area contributed by atoms with E-state index < -0.39 is 53.6 Å². The van der Waals surface area contributed by atoms with Crippen LogP contribution in [0.5, 0.6) is 0 Å². The van der Waals surface area contributed by atoms with Crippen LogP contribution in [-0.2, 0) is 28.7 Å². The second kappa shape index (κ2) is 16.3. The number of halogens is 1. The highest BCUT2D eigenvalue weighted by Gasteiger charge is 2.77. The van der Waals surface area contributed by atoms with Crippen molar-refractivity contribution < 1.29 is 33.8 Å². The number of ether oxygens (including phenoxy) is 2. The van der Waals surface area contributed by atoms with E-state index in [-0.39, 0.29) is 48.7 Å². The summed E-state index contributed by atoms with van der Waals surface area (Å²) in [6.07, 6.45) is 3.24. The molecule has 3 saturated heterocycles. The van der Waals surface area contributed by atoms with E-state index in [1.165, 1.54) is 4.90 Å². The first-order chi connectivity index (χ1) is 24.4. The molecule has 1 spiro atoms. The average molecular weight is 765 g/mol. The number of hydrogen-bond acceptors (Lipinski definition) is 7. The third kappa shape index (κ3) is 7.57. The minimum atomic E-state index is -1.36. The van der Waals surface area contributed by atoms with Crippen LogP contribution in [-0.4, -0.2) is 82.0 Å². The molecule has 3 heterocycles. The van der Waals surface area contributed by atoms with Crippen LogP contribution in [0.1, 0.15) is 62.3 Å². The third-order valence-corrected chi connectivity index (χ3v) is 11.1. The van der Waals surface area contributed by atoms with Gasteiger partial charge in [-0.15, -0.1) is 13.2 Å². The van der Waals surface area contributed by atoms with E-state index in [2.05, 4.69) is 34.4 Å².